The molecule has 0 spiro atoms. The Morgan fingerprint density at radius 3 is 2.27 bits per heavy atom. The van der Waals surface area contributed by atoms with Crippen LogP contribution in [0.3, 0.4) is 0 Å². The van der Waals surface area contributed by atoms with E-state index in [-0.39, 0.29) is 5.97 Å². The van der Waals surface area contributed by atoms with E-state index in [2.05, 4.69) is 68.1 Å². The van der Waals surface area contributed by atoms with E-state index < -0.39 is 0 Å². The van der Waals surface area contributed by atoms with Crippen LogP contribution >= 0.6 is 11.3 Å². The fraction of sp³-hybridized carbons (Fsp3) is 0.343. The molecule has 0 saturated carbocycles. The fourth-order valence-corrected chi connectivity index (χ4v) is 6.85. The Hall–Kier alpha value is -3.77. The molecule has 210 valence electrons. The average molecular weight is 564 g/mol. The summed E-state index contributed by atoms with van der Waals surface area (Å²) in [5.41, 5.74) is 5.08. The molecular weight excluding hydrogens is 526 g/mol. The van der Waals surface area contributed by atoms with E-state index in [1.54, 1.807) is 17.4 Å². The first-order valence-corrected chi connectivity index (χ1v) is 15.8. The number of benzene rings is 4. The second-order valence-electron chi connectivity index (χ2n) is 10.8. The molecule has 0 amide bonds. The molecule has 0 atom stereocenters. The van der Waals surface area contributed by atoms with Crippen molar-refractivity contribution >= 4 is 76.0 Å². The number of ether oxygens (including phenoxy) is 1. The van der Waals surface area contributed by atoms with Crippen molar-refractivity contribution in [3.63, 3.8) is 0 Å². The quantitative estimate of drug-likeness (QED) is 0.0680. The third-order valence-corrected chi connectivity index (χ3v) is 9.06. The highest BCUT2D eigenvalue weighted by Gasteiger charge is 2.19. The predicted molar refractivity (Wildman–Crippen MR) is 175 cm³/mol. The van der Waals surface area contributed by atoms with Crippen molar-refractivity contribution in [3.05, 3.63) is 66.2 Å². The number of nitrogens with zero attached hydrogens (tertiary/aromatic N) is 3. The number of aromatic nitrogens is 2. The molecule has 6 rings (SSSR count). The van der Waals surface area contributed by atoms with Crippen molar-refractivity contribution in [1.29, 1.82) is 0 Å². The van der Waals surface area contributed by atoms with Crippen molar-refractivity contribution in [3.8, 4) is 0 Å². The van der Waals surface area contributed by atoms with Crippen LogP contribution in [0.25, 0.3) is 53.0 Å². The number of rotatable bonds is 11. The molecular formula is C35H37N3O2S. The molecule has 0 aliphatic rings. The van der Waals surface area contributed by atoms with Gasteiger partial charge in [-0.25, -0.2) is 14.8 Å². The highest BCUT2D eigenvalue weighted by atomic mass is 32.1. The number of unbranched alkanes of at least 4 members (excludes halogenated alkanes) is 3. The average Bonchev–Trinajstić information content (AvgIpc) is 3.39. The van der Waals surface area contributed by atoms with Gasteiger partial charge in [0.25, 0.3) is 0 Å². The summed E-state index contributed by atoms with van der Waals surface area (Å²) in [6.45, 7) is 9.19. The van der Waals surface area contributed by atoms with E-state index in [1.807, 2.05) is 12.1 Å². The van der Waals surface area contributed by atoms with Gasteiger partial charge in [0.05, 0.1) is 33.4 Å². The number of esters is 1. The maximum atomic E-state index is 12.7. The second kappa shape index (κ2) is 12.0. The lowest BCUT2D eigenvalue weighted by molar-refractivity contribution is 0.0500. The molecule has 0 aliphatic heterocycles. The predicted octanol–water partition coefficient (Wildman–Crippen LogP) is 9.67. The van der Waals surface area contributed by atoms with Gasteiger partial charge in [0, 0.05) is 39.6 Å². The number of carbonyl (C=O) groups is 1. The SMILES string of the molecule is CCCCOC(=O)c1ccc2nc3c4ccccc4c4c5ccc(N(CCCC)CCCC)cc5sc4c3nc2c1. The smallest absolute Gasteiger partial charge is 0.338 e. The zero-order valence-corrected chi connectivity index (χ0v) is 25.0. The van der Waals surface area contributed by atoms with Crippen LogP contribution in [0.2, 0.25) is 0 Å². The van der Waals surface area contributed by atoms with Gasteiger partial charge in [-0.2, -0.15) is 0 Å². The molecule has 0 bridgehead atoms. The van der Waals surface area contributed by atoms with Gasteiger partial charge in [-0.05, 0) is 55.0 Å². The van der Waals surface area contributed by atoms with E-state index in [0.717, 1.165) is 52.6 Å². The molecule has 4 aromatic carbocycles. The van der Waals surface area contributed by atoms with Crippen molar-refractivity contribution in [2.45, 2.75) is 59.3 Å². The van der Waals surface area contributed by atoms with Crippen LogP contribution in [0.15, 0.2) is 60.7 Å². The van der Waals surface area contributed by atoms with Gasteiger partial charge in [-0.3, -0.25) is 0 Å². The third kappa shape index (κ3) is 5.21. The van der Waals surface area contributed by atoms with Gasteiger partial charge in [-0.15, -0.1) is 11.3 Å². The van der Waals surface area contributed by atoms with Crippen molar-refractivity contribution < 1.29 is 9.53 Å². The number of hydrogen-bond donors (Lipinski definition) is 0. The Labute approximate surface area is 245 Å². The monoisotopic (exact) mass is 563 g/mol. The fourth-order valence-electron chi connectivity index (χ4n) is 5.61. The van der Waals surface area contributed by atoms with E-state index in [1.165, 1.54) is 52.2 Å². The number of thiophene rings is 1. The Kier molecular flexibility index (Phi) is 8.02. The summed E-state index contributed by atoms with van der Waals surface area (Å²) >= 11 is 1.80. The number of fused-ring (bicyclic) bond motifs is 9. The molecule has 0 fully saturated rings. The molecule has 0 N–H and O–H groups in total. The van der Waals surface area contributed by atoms with Crippen LogP contribution < -0.4 is 4.90 Å². The van der Waals surface area contributed by atoms with Crippen molar-refractivity contribution in [2.75, 3.05) is 24.6 Å². The molecule has 0 unspecified atom stereocenters. The van der Waals surface area contributed by atoms with Crippen LogP contribution in [0.5, 0.6) is 0 Å². The first kappa shape index (κ1) is 27.4. The lowest BCUT2D eigenvalue weighted by atomic mass is 10.0. The molecule has 6 heteroatoms. The molecule has 5 nitrogen and oxygen atoms in total. The number of anilines is 1. The van der Waals surface area contributed by atoms with E-state index >= 15 is 0 Å². The first-order chi connectivity index (χ1) is 20.1. The first-order valence-electron chi connectivity index (χ1n) is 15.0. The van der Waals surface area contributed by atoms with Crippen LogP contribution in [0.1, 0.15) is 69.7 Å². The van der Waals surface area contributed by atoms with Gasteiger partial charge >= 0.3 is 5.97 Å². The standard InChI is InChI=1S/C35H37N3O2S/c1-4-7-18-38(19-8-5-2)24-15-16-27-30(22-24)41-34-31(27)25-12-10-11-13-26(25)32-33(34)37-29-21-23(14-17-28(29)36-32)35(39)40-20-9-6-3/h10-17,21-22H,4-9,18-20H2,1-3H3. The second-order valence-corrected chi connectivity index (χ2v) is 11.9. The van der Waals surface area contributed by atoms with Crippen molar-refractivity contribution in [1.82, 2.24) is 9.97 Å². The third-order valence-electron chi connectivity index (χ3n) is 7.90. The van der Waals surface area contributed by atoms with Gasteiger partial charge in [0.1, 0.15) is 5.52 Å². The molecule has 6 aromatic rings. The minimum absolute atomic E-state index is 0.309. The lowest BCUT2D eigenvalue weighted by Gasteiger charge is -2.24. The van der Waals surface area contributed by atoms with E-state index in [9.17, 15) is 4.79 Å². The van der Waals surface area contributed by atoms with Gasteiger partial charge < -0.3 is 9.64 Å². The molecule has 41 heavy (non-hydrogen) atoms. The zero-order valence-electron chi connectivity index (χ0n) is 24.2. The summed E-state index contributed by atoms with van der Waals surface area (Å²) in [6.07, 6.45) is 6.61. The maximum absolute atomic E-state index is 12.7. The van der Waals surface area contributed by atoms with Crippen molar-refractivity contribution in [2.24, 2.45) is 0 Å². The summed E-state index contributed by atoms with van der Waals surface area (Å²) in [4.78, 5) is 25.5. The maximum Gasteiger partial charge on any atom is 0.338 e. The minimum Gasteiger partial charge on any atom is -0.462 e. The Morgan fingerprint density at radius 2 is 1.51 bits per heavy atom. The summed E-state index contributed by atoms with van der Waals surface area (Å²) in [6, 6.07) is 21.0. The van der Waals surface area contributed by atoms with Gasteiger partial charge in [-0.1, -0.05) is 70.4 Å². The summed E-state index contributed by atoms with van der Waals surface area (Å²) in [7, 11) is 0. The van der Waals surface area contributed by atoms with Crippen LogP contribution in [0, 0.1) is 0 Å². The molecule has 2 aromatic heterocycles. The Morgan fingerprint density at radius 1 is 0.780 bits per heavy atom. The highest BCUT2D eigenvalue weighted by molar-refractivity contribution is 7.27. The normalized spacial score (nSPS) is 11.8. The van der Waals surface area contributed by atoms with E-state index in [4.69, 9.17) is 14.7 Å². The van der Waals surface area contributed by atoms with Crippen LogP contribution in [-0.2, 0) is 4.74 Å². The minimum atomic E-state index is -0.309. The summed E-state index contributed by atoms with van der Waals surface area (Å²) < 4.78 is 7.87. The van der Waals surface area contributed by atoms with Gasteiger partial charge in [0.15, 0.2) is 0 Å². The largest absolute Gasteiger partial charge is 0.462 e. The molecule has 0 aliphatic carbocycles. The molecule has 0 radical (unpaired) electrons. The highest BCUT2D eigenvalue weighted by Crippen LogP contribution is 2.44. The molecule has 0 saturated heterocycles. The number of carbonyl (C=O) groups excluding carboxylic acids is 1. The topological polar surface area (TPSA) is 55.3 Å². The lowest BCUT2D eigenvalue weighted by Crippen LogP contribution is -2.25. The Balaban J connectivity index is 1.54. The van der Waals surface area contributed by atoms with Crippen LogP contribution in [0.4, 0.5) is 5.69 Å². The van der Waals surface area contributed by atoms with Crippen LogP contribution in [-0.4, -0.2) is 35.6 Å². The number of hydrogen-bond acceptors (Lipinski definition) is 6. The Bertz CT molecular complexity index is 1870. The zero-order chi connectivity index (χ0) is 28.3. The molecule has 2 heterocycles. The summed E-state index contributed by atoms with van der Waals surface area (Å²) in [5.74, 6) is -0.309. The van der Waals surface area contributed by atoms with Gasteiger partial charge in [0.2, 0.25) is 0 Å². The van der Waals surface area contributed by atoms with E-state index in [0.29, 0.717) is 17.7 Å². The summed E-state index contributed by atoms with van der Waals surface area (Å²) in [5, 5.41) is 4.79.